The van der Waals surface area contributed by atoms with Gasteiger partial charge in [-0.25, -0.2) is 0 Å². The quantitative estimate of drug-likeness (QED) is 0.0199. The Morgan fingerprint density at radius 3 is 1.19 bits per heavy atom. The van der Waals surface area contributed by atoms with Crippen molar-refractivity contribution in [3.63, 3.8) is 0 Å². The van der Waals surface area contributed by atoms with Gasteiger partial charge in [0.05, 0.1) is 0 Å². The van der Waals surface area contributed by atoms with Crippen molar-refractivity contribution in [1.29, 1.82) is 0 Å². The van der Waals surface area contributed by atoms with Gasteiger partial charge in [-0.15, -0.1) is 0 Å². The lowest BCUT2D eigenvalue weighted by atomic mass is 10.1. The lowest BCUT2D eigenvalue weighted by Crippen LogP contribution is -2.30. The van der Waals surface area contributed by atoms with Crippen LogP contribution in [0.5, 0.6) is 0 Å². The average molecular weight is 923 g/mol. The zero-order valence-electron chi connectivity index (χ0n) is 42.6. The fourth-order valence-electron chi connectivity index (χ4n) is 6.51. The molecule has 0 aliphatic heterocycles. The summed E-state index contributed by atoms with van der Waals surface area (Å²) in [5.74, 6) is -1.07. The summed E-state index contributed by atoms with van der Waals surface area (Å²) in [5.41, 5.74) is 0. The van der Waals surface area contributed by atoms with E-state index >= 15 is 0 Å². The third-order valence-electron chi connectivity index (χ3n) is 10.4. The fourth-order valence-corrected chi connectivity index (χ4v) is 6.51. The summed E-state index contributed by atoms with van der Waals surface area (Å²) in [6, 6.07) is 0. The number of hydrogen-bond acceptors (Lipinski definition) is 6. The lowest BCUT2D eigenvalue weighted by molar-refractivity contribution is -0.166. The number of hydrogen-bond donors (Lipinski definition) is 0. The zero-order chi connectivity index (χ0) is 48.6. The van der Waals surface area contributed by atoms with Gasteiger partial charge >= 0.3 is 17.9 Å². The first-order valence-corrected chi connectivity index (χ1v) is 26.4. The highest BCUT2D eigenvalue weighted by Gasteiger charge is 2.19. The maximum absolute atomic E-state index is 12.8. The van der Waals surface area contributed by atoms with Gasteiger partial charge in [0.1, 0.15) is 13.2 Å². The van der Waals surface area contributed by atoms with E-state index in [1.54, 1.807) is 0 Å². The number of rotatable bonds is 45. The third-order valence-corrected chi connectivity index (χ3v) is 10.4. The Bertz CT molecular complexity index is 1530. The Hall–Kier alpha value is -4.71. The minimum atomic E-state index is -0.835. The van der Waals surface area contributed by atoms with Gasteiger partial charge in [0.25, 0.3) is 0 Å². The number of carbonyl (C=O) groups is 3. The molecule has 0 aromatic carbocycles. The Kier molecular flexibility index (Phi) is 50.1. The summed E-state index contributed by atoms with van der Waals surface area (Å²) in [4.78, 5) is 38.0. The van der Waals surface area contributed by atoms with Gasteiger partial charge in [-0.1, -0.05) is 218 Å². The summed E-state index contributed by atoms with van der Waals surface area (Å²) in [6.07, 6.45) is 77.0. The zero-order valence-corrected chi connectivity index (χ0v) is 42.6. The molecule has 0 rings (SSSR count). The second-order valence-electron chi connectivity index (χ2n) is 16.8. The van der Waals surface area contributed by atoms with Gasteiger partial charge in [-0.2, -0.15) is 0 Å². The average Bonchev–Trinajstić information content (AvgIpc) is 3.33. The summed E-state index contributed by atoms with van der Waals surface area (Å²) in [5, 5.41) is 0. The Labute approximate surface area is 410 Å². The van der Waals surface area contributed by atoms with Gasteiger partial charge in [-0.3, -0.25) is 14.4 Å². The van der Waals surface area contributed by atoms with Gasteiger partial charge in [0, 0.05) is 19.3 Å². The lowest BCUT2D eigenvalue weighted by Gasteiger charge is -2.18. The van der Waals surface area contributed by atoms with Crippen LogP contribution in [0.25, 0.3) is 0 Å². The topological polar surface area (TPSA) is 78.9 Å². The van der Waals surface area contributed by atoms with Crippen LogP contribution in [-0.2, 0) is 28.6 Å². The van der Waals surface area contributed by atoms with Gasteiger partial charge in [-0.05, 0) is 109 Å². The van der Waals surface area contributed by atoms with Crippen LogP contribution in [0.1, 0.15) is 201 Å². The highest BCUT2D eigenvalue weighted by molar-refractivity contribution is 5.71. The summed E-state index contributed by atoms with van der Waals surface area (Å²) in [6.45, 7) is 6.23. The summed E-state index contributed by atoms with van der Waals surface area (Å²) < 4.78 is 16.7. The first kappa shape index (κ1) is 62.3. The predicted octanol–water partition coefficient (Wildman–Crippen LogP) is 17.6. The van der Waals surface area contributed by atoms with Gasteiger partial charge in [0.15, 0.2) is 6.10 Å². The van der Waals surface area contributed by atoms with Crippen molar-refractivity contribution in [2.45, 2.75) is 207 Å². The Morgan fingerprint density at radius 1 is 0.328 bits per heavy atom. The van der Waals surface area contributed by atoms with Crippen LogP contribution in [0.15, 0.2) is 146 Å². The van der Waals surface area contributed by atoms with E-state index < -0.39 is 6.10 Å². The van der Waals surface area contributed by atoms with Crippen molar-refractivity contribution in [3.05, 3.63) is 146 Å². The van der Waals surface area contributed by atoms with Gasteiger partial charge < -0.3 is 14.2 Å². The highest BCUT2D eigenvalue weighted by Crippen LogP contribution is 2.12. The summed E-state index contributed by atoms with van der Waals surface area (Å²) >= 11 is 0. The molecular weight excluding hydrogens is 829 g/mol. The van der Waals surface area contributed by atoms with Gasteiger partial charge in [0.2, 0.25) is 0 Å². The number of carbonyl (C=O) groups excluding carboxylic acids is 3. The van der Waals surface area contributed by atoms with Crippen LogP contribution in [0.2, 0.25) is 0 Å². The van der Waals surface area contributed by atoms with Crippen molar-refractivity contribution in [2.75, 3.05) is 13.2 Å². The SMILES string of the molecule is CC/C=C/C=C/C=C/C=C/CCCCCC(=O)OCC(COC(=O)CC/C=C/C/C=C/C/C=C/C/C=C/C/C=C/C/C=C/CC)OC(=O)CCCCCCCCC/C=C/C/C=C/CCCCC. The van der Waals surface area contributed by atoms with Crippen molar-refractivity contribution in [1.82, 2.24) is 0 Å². The second kappa shape index (κ2) is 53.9. The molecule has 0 aromatic rings. The molecule has 0 amide bonds. The largest absolute Gasteiger partial charge is 0.462 e. The fraction of sp³-hybridized carbons (Fsp3) is 0.557. The minimum absolute atomic E-state index is 0.131. The minimum Gasteiger partial charge on any atom is -0.462 e. The molecule has 67 heavy (non-hydrogen) atoms. The standard InChI is InChI=1S/C61H94O6/c1-4-7-10-13-16-19-22-25-27-29-30-32-33-36-39-42-45-48-51-54-60(63)66-57-58(56-65-59(62)53-50-47-44-41-38-35-24-21-18-15-12-9-6-3)67-61(64)55-52-49-46-43-40-37-34-31-28-26-23-20-17-14-11-8-5-2/h7,9-10,12,15-21,24-28,30,32,35-36,38-39,45,48,58H,4-6,8,11,13-14,22-23,29,31,33-34,37,40-44,46-47,49-57H2,1-3H3/b10-7+,12-9+,18-15+,19-16+,20-17+,24-21+,27-25+,28-26+,32-30+,38-35+,39-36+,48-45+. The molecule has 0 aromatic heterocycles. The Morgan fingerprint density at radius 2 is 0.687 bits per heavy atom. The van der Waals surface area contributed by atoms with E-state index in [4.69, 9.17) is 14.2 Å². The molecule has 0 N–H and O–H groups in total. The van der Waals surface area contributed by atoms with E-state index in [-0.39, 0.29) is 44.0 Å². The highest BCUT2D eigenvalue weighted by atomic mass is 16.6. The molecule has 0 bridgehead atoms. The van der Waals surface area contributed by atoms with E-state index in [0.29, 0.717) is 12.8 Å². The molecule has 1 unspecified atom stereocenters. The molecule has 6 nitrogen and oxygen atoms in total. The van der Waals surface area contributed by atoms with Crippen molar-refractivity contribution >= 4 is 17.9 Å². The molecule has 1 atom stereocenters. The maximum atomic E-state index is 12.8. The predicted molar refractivity (Wildman–Crippen MR) is 288 cm³/mol. The maximum Gasteiger partial charge on any atom is 0.306 e. The molecule has 0 spiro atoms. The van der Waals surface area contributed by atoms with E-state index in [0.717, 1.165) is 109 Å². The first-order valence-electron chi connectivity index (χ1n) is 26.4. The first-order chi connectivity index (χ1) is 33.0. The van der Waals surface area contributed by atoms with Crippen LogP contribution >= 0.6 is 0 Å². The molecule has 0 heterocycles. The van der Waals surface area contributed by atoms with E-state index in [1.807, 2.05) is 48.6 Å². The van der Waals surface area contributed by atoms with Crippen LogP contribution < -0.4 is 0 Å². The van der Waals surface area contributed by atoms with Crippen molar-refractivity contribution in [3.8, 4) is 0 Å². The molecule has 0 saturated carbocycles. The second-order valence-corrected chi connectivity index (χ2v) is 16.8. The number of unbranched alkanes of at least 4 members (excludes halogenated alkanes) is 13. The van der Waals surface area contributed by atoms with Crippen molar-refractivity contribution < 1.29 is 28.6 Å². The molecule has 374 valence electrons. The van der Waals surface area contributed by atoms with Crippen LogP contribution in [0.3, 0.4) is 0 Å². The molecule has 0 aliphatic rings. The smallest absolute Gasteiger partial charge is 0.306 e. The molecular formula is C61H94O6. The third kappa shape index (κ3) is 52.1. The normalized spacial score (nSPS) is 13.3. The van der Waals surface area contributed by atoms with Crippen molar-refractivity contribution in [2.24, 2.45) is 0 Å². The van der Waals surface area contributed by atoms with E-state index in [9.17, 15) is 14.4 Å². The molecule has 0 saturated heterocycles. The Balaban J connectivity index is 4.59. The molecule has 0 radical (unpaired) electrons. The number of ether oxygens (including phenoxy) is 3. The molecule has 6 heteroatoms. The summed E-state index contributed by atoms with van der Waals surface area (Å²) in [7, 11) is 0. The molecule has 0 aliphatic carbocycles. The van der Waals surface area contributed by atoms with E-state index in [1.165, 1.54) is 44.9 Å². The van der Waals surface area contributed by atoms with Crippen LogP contribution in [-0.4, -0.2) is 37.2 Å². The number of esters is 3. The van der Waals surface area contributed by atoms with Crippen LogP contribution in [0.4, 0.5) is 0 Å². The number of allylic oxidation sites excluding steroid dienone is 24. The molecule has 0 fully saturated rings. The van der Waals surface area contributed by atoms with E-state index in [2.05, 4.69) is 118 Å². The van der Waals surface area contributed by atoms with Crippen LogP contribution in [0, 0.1) is 0 Å². The monoisotopic (exact) mass is 923 g/mol.